The summed E-state index contributed by atoms with van der Waals surface area (Å²) in [7, 11) is 0. The normalized spacial score (nSPS) is 23.6. The molecule has 1 heterocycles. The second-order valence-electron chi connectivity index (χ2n) is 10.9. The van der Waals surface area contributed by atoms with Crippen molar-refractivity contribution in [2.24, 2.45) is 5.41 Å². The number of hydrogen-bond acceptors (Lipinski definition) is 5. The Bertz CT molecular complexity index is 1230. The Hall–Kier alpha value is -2.08. The lowest BCUT2D eigenvalue weighted by Crippen LogP contribution is -2.46. The first-order valence-electron chi connectivity index (χ1n) is 13.9. The van der Waals surface area contributed by atoms with Gasteiger partial charge < -0.3 is 15.5 Å². The minimum atomic E-state index is -1.67. The van der Waals surface area contributed by atoms with Gasteiger partial charge >= 0.3 is 0 Å². The van der Waals surface area contributed by atoms with Gasteiger partial charge in [0.05, 0.1) is 29.8 Å². The topological polar surface area (TPSA) is 93.3 Å². The quantitative estimate of drug-likeness (QED) is 0.235. The molecule has 1 aliphatic heterocycles. The summed E-state index contributed by atoms with van der Waals surface area (Å²) in [5, 5.41) is 33.3. The lowest BCUT2D eigenvalue weighted by Gasteiger charge is -2.40. The molecule has 0 aromatic heterocycles. The van der Waals surface area contributed by atoms with E-state index < -0.39 is 47.8 Å². The van der Waals surface area contributed by atoms with Crippen molar-refractivity contribution in [3.8, 4) is 6.07 Å². The van der Waals surface area contributed by atoms with E-state index >= 15 is 8.78 Å². The molecule has 0 unspecified atom stereocenters. The van der Waals surface area contributed by atoms with E-state index in [0.717, 1.165) is 25.3 Å². The number of aliphatic hydroxyl groups excluding tert-OH is 2. The third-order valence-corrected chi connectivity index (χ3v) is 9.56. The molecule has 5 atom stereocenters. The van der Waals surface area contributed by atoms with Crippen molar-refractivity contribution in [1.29, 1.82) is 5.26 Å². The molecule has 0 spiro atoms. The van der Waals surface area contributed by atoms with Crippen LogP contribution in [0.25, 0.3) is 0 Å². The van der Waals surface area contributed by atoms with E-state index in [0.29, 0.717) is 6.42 Å². The fourth-order valence-electron chi connectivity index (χ4n) is 6.37. The first-order valence-corrected chi connectivity index (χ1v) is 14.7. The molecule has 218 valence electrons. The molecule has 9 heteroatoms. The van der Waals surface area contributed by atoms with Crippen molar-refractivity contribution in [3.05, 3.63) is 69.2 Å². The number of ketones is 1. The van der Waals surface area contributed by atoms with Crippen LogP contribution in [0.4, 0.5) is 8.78 Å². The van der Waals surface area contributed by atoms with Gasteiger partial charge in [0.15, 0.2) is 0 Å². The van der Waals surface area contributed by atoms with E-state index in [1.165, 1.54) is 24.3 Å². The second-order valence-corrected chi connectivity index (χ2v) is 11.7. The largest absolute Gasteiger partial charge is 0.394 e. The third kappa shape index (κ3) is 6.22. The molecule has 40 heavy (non-hydrogen) atoms. The molecule has 5 nitrogen and oxygen atoms in total. The van der Waals surface area contributed by atoms with Crippen LogP contribution in [0.5, 0.6) is 0 Å². The van der Waals surface area contributed by atoms with Gasteiger partial charge in [0.2, 0.25) is 0 Å². The lowest BCUT2D eigenvalue weighted by atomic mass is 9.61. The number of nitriles is 1. The zero-order valence-corrected chi connectivity index (χ0v) is 24.7. The average Bonchev–Trinajstić information content (AvgIpc) is 3.27. The molecule has 1 fully saturated rings. The maximum absolute atomic E-state index is 15.8. The van der Waals surface area contributed by atoms with Gasteiger partial charge in [0.1, 0.15) is 22.8 Å². The minimum Gasteiger partial charge on any atom is -0.394 e. The summed E-state index contributed by atoms with van der Waals surface area (Å²) in [4.78, 5) is 13.8. The molecule has 0 bridgehead atoms. The SMILES string of the molecule is CCC(CC)(CC)C[C@@H]1N[C@@H](C(=O)CCC[C@H](O)CO)[C@H](c2cccc(Cl)c2F)[C@@]1(C#N)c1ccc(Cl)cc1F. The highest BCUT2D eigenvalue weighted by Gasteiger charge is 2.61. The first-order chi connectivity index (χ1) is 19.0. The molecule has 2 aromatic carbocycles. The van der Waals surface area contributed by atoms with Gasteiger partial charge in [-0.2, -0.15) is 5.26 Å². The molecule has 0 radical (unpaired) electrons. The van der Waals surface area contributed by atoms with Crippen LogP contribution in [0.15, 0.2) is 36.4 Å². The van der Waals surface area contributed by atoms with E-state index in [1.54, 1.807) is 6.07 Å². The van der Waals surface area contributed by atoms with Gasteiger partial charge in [-0.1, -0.05) is 81.4 Å². The monoisotopic (exact) mass is 594 g/mol. The summed E-state index contributed by atoms with van der Waals surface area (Å²) in [5.41, 5.74) is -1.77. The Labute approximate surface area is 245 Å². The second kappa shape index (κ2) is 13.7. The van der Waals surface area contributed by atoms with E-state index in [4.69, 9.17) is 28.3 Å². The molecule has 0 saturated carbocycles. The Kier molecular flexibility index (Phi) is 11.1. The summed E-state index contributed by atoms with van der Waals surface area (Å²) < 4.78 is 31.6. The van der Waals surface area contributed by atoms with Crippen LogP contribution in [0.2, 0.25) is 10.0 Å². The number of nitrogens with zero attached hydrogens (tertiary/aromatic N) is 1. The van der Waals surface area contributed by atoms with Crippen molar-refractivity contribution in [1.82, 2.24) is 5.32 Å². The summed E-state index contributed by atoms with van der Waals surface area (Å²) in [6, 6.07) is 9.20. The smallest absolute Gasteiger partial charge is 0.150 e. The number of carbonyl (C=O) groups excluding carboxylic acids is 1. The highest BCUT2D eigenvalue weighted by atomic mass is 35.5. The van der Waals surface area contributed by atoms with E-state index in [2.05, 4.69) is 32.2 Å². The number of Topliss-reactive ketones (excluding diaryl/α,β-unsaturated/α-hetero) is 1. The highest BCUT2D eigenvalue weighted by molar-refractivity contribution is 6.31. The Morgan fingerprint density at radius 1 is 1.18 bits per heavy atom. The fourth-order valence-corrected chi connectivity index (χ4v) is 6.71. The van der Waals surface area contributed by atoms with Crippen molar-refractivity contribution in [3.63, 3.8) is 0 Å². The van der Waals surface area contributed by atoms with Crippen molar-refractivity contribution < 1.29 is 23.8 Å². The van der Waals surface area contributed by atoms with Crippen LogP contribution in [0.1, 0.15) is 82.8 Å². The zero-order chi connectivity index (χ0) is 29.7. The van der Waals surface area contributed by atoms with Gasteiger partial charge in [0, 0.05) is 29.0 Å². The fraction of sp³-hybridized carbons (Fsp3) is 0.548. The molecular formula is C31H38Cl2F2N2O3. The standard InChI is InChI=1S/C31H38Cl2F2N2O3/c1-4-30(5-2,6-3)16-26-31(18-36,22-14-13-19(32)15-24(22)34)27(21-10-8-11-23(33)28(21)35)29(37-26)25(40)12-7-9-20(39)17-38/h8,10-11,13-15,20,26-27,29,37-39H,4-7,9,12,16-17H2,1-3H3/t20-,26-,27-,29-,31-/m0/s1. The number of rotatable bonds is 13. The number of carbonyl (C=O) groups is 1. The Morgan fingerprint density at radius 3 is 2.42 bits per heavy atom. The van der Waals surface area contributed by atoms with Crippen LogP contribution in [-0.4, -0.2) is 40.8 Å². The van der Waals surface area contributed by atoms with Crippen LogP contribution in [0, 0.1) is 28.4 Å². The first kappa shape index (κ1) is 32.4. The van der Waals surface area contributed by atoms with Crippen molar-refractivity contribution in [2.45, 2.75) is 95.2 Å². The number of benzene rings is 2. The number of nitrogens with one attached hydrogen (secondary N) is 1. The number of aliphatic hydroxyl groups is 2. The summed E-state index contributed by atoms with van der Waals surface area (Å²) >= 11 is 12.3. The minimum absolute atomic E-state index is 0.0191. The van der Waals surface area contributed by atoms with E-state index in [-0.39, 0.29) is 51.6 Å². The lowest BCUT2D eigenvalue weighted by molar-refractivity contribution is -0.121. The van der Waals surface area contributed by atoms with Gasteiger partial charge in [-0.05, 0) is 48.4 Å². The van der Waals surface area contributed by atoms with Gasteiger partial charge in [0.25, 0.3) is 0 Å². The molecule has 0 aliphatic carbocycles. The van der Waals surface area contributed by atoms with E-state index in [9.17, 15) is 15.2 Å². The molecule has 2 aromatic rings. The summed E-state index contributed by atoms with van der Waals surface area (Å²) in [5.74, 6) is -2.86. The average molecular weight is 596 g/mol. The molecule has 3 N–H and O–H groups in total. The summed E-state index contributed by atoms with van der Waals surface area (Å²) in [6.45, 7) is 5.79. The van der Waals surface area contributed by atoms with Crippen LogP contribution in [0.3, 0.4) is 0 Å². The maximum Gasteiger partial charge on any atom is 0.150 e. The maximum atomic E-state index is 15.8. The molecule has 1 aliphatic rings. The zero-order valence-electron chi connectivity index (χ0n) is 23.2. The van der Waals surface area contributed by atoms with Gasteiger partial charge in [-0.3, -0.25) is 4.79 Å². The number of halogens is 4. The van der Waals surface area contributed by atoms with Gasteiger partial charge in [-0.15, -0.1) is 0 Å². The Balaban J connectivity index is 2.28. The van der Waals surface area contributed by atoms with Crippen LogP contribution < -0.4 is 5.32 Å². The highest BCUT2D eigenvalue weighted by Crippen LogP contribution is 2.54. The van der Waals surface area contributed by atoms with Crippen LogP contribution in [-0.2, 0) is 10.2 Å². The Morgan fingerprint density at radius 2 is 1.85 bits per heavy atom. The molecule has 3 rings (SSSR count). The van der Waals surface area contributed by atoms with Crippen molar-refractivity contribution >= 4 is 29.0 Å². The number of hydrogen-bond donors (Lipinski definition) is 3. The molecule has 0 amide bonds. The van der Waals surface area contributed by atoms with E-state index in [1.807, 2.05) is 0 Å². The van der Waals surface area contributed by atoms with Gasteiger partial charge in [-0.25, -0.2) is 8.78 Å². The molecular weight excluding hydrogens is 557 g/mol. The van der Waals surface area contributed by atoms with Crippen molar-refractivity contribution in [2.75, 3.05) is 6.61 Å². The summed E-state index contributed by atoms with van der Waals surface area (Å²) in [6.07, 6.45) is 2.41. The predicted molar refractivity (Wildman–Crippen MR) is 153 cm³/mol. The third-order valence-electron chi connectivity index (χ3n) is 9.04. The van der Waals surface area contributed by atoms with Crippen LogP contribution >= 0.6 is 23.2 Å². The predicted octanol–water partition coefficient (Wildman–Crippen LogP) is 6.86. The molecule has 1 saturated heterocycles.